The first-order valence-corrected chi connectivity index (χ1v) is 17.9. The predicted octanol–water partition coefficient (Wildman–Crippen LogP) is 9.84. The minimum Gasteiger partial charge on any atom is -0.336 e. The Morgan fingerprint density at radius 3 is 1.26 bits per heavy atom. The minimum atomic E-state index is -0.296. The van der Waals surface area contributed by atoms with Crippen LogP contribution in [0.5, 0.6) is 0 Å². The number of hydrogen-bond donors (Lipinski definition) is 2. The normalized spacial score (nSPS) is 24.2. The molecule has 4 bridgehead atoms. The third-order valence-corrected chi connectivity index (χ3v) is 11.8. The first-order valence-electron chi connectivity index (χ1n) is 17.9. The molecule has 0 heterocycles. The molecule has 248 valence electrons. The van der Waals surface area contributed by atoms with Gasteiger partial charge in [-0.25, -0.2) is 19.6 Å². The lowest BCUT2D eigenvalue weighted by molar-refractivity contribution is -0.105. The molecular weight excluding hydrogens is 617 g/mol. The lowest BCUT2D eigenvalue weighted by Crippen LogP contribution is -2.58. The zero-order chi connectivity index (χ0) is 33.7. The third kappa shape index (κ3) is 5.63. The van der Waals surface area contributed by atoms with Crippen molar-refractivity contribution in [2.75, 3.05) is 13.1 Å². The van der Waals surface area contributed by atoms with E-state index >= 15 is 0 Å². The Hall–Kier alpha value is -5.36. The molecule has 0 aliphatic heterocycles. The molecule has 0 saturated heterocycles. The van der Waals surface area contributed by atoms with Gasteiger partial charge in [-0.1, -0.05) is 97.1 Å². The highest BCUT2D eigenvalue weighted by atomic mass is 16.2. The molecule has 6 heteroatoms. The summed E-state index contributed by atoms with van der Waals surface area (Å²) >= 11 is 0. The van der Waals surface area contributed by atoms with Crippen LogP contribution in [0.15, 0.2) is 119 Å². The van der Waals surface area contributed by atoms with Crippen molar-refractivity contribution in [2.45, 2.75) is 38.5 Å². The van der Waals surface area contributed by atoms with Crippen LogP contribution in [-0.4, -0.2) is 37.6 Å². The average Bonchev–Trinajstić information content (AvgIpc) is 3.13. The zero-order valence-electron chi connectivity index (χ0n) is 28.1. The number of carbonyl (C=O) groups excluding carboxylic acids is 2. The van der Waals surface area contributed by atoms with Crippen LogP contribution in [-0.2, 0) is 0 Å². The second-order valence-corrected chi connectivity index (χ2v) is 15.3. The summed E-state index contributed by atoms with van der Waals surface area (Å²) in [5.74, 6) is 1.25. The average molecular weight is 657 g/mol. The molecule has 0 spiro atoms. The second kappa shape index (κ2) is 12.2. The molecular formula is C44H40N4O2. The summed E-state index contributed by atoms with van der Waals surface area (Å²) in [7, 11) is 0. The topological polar surface area (TPSA) is 82.9 Å². The van der Waals surface area contributed by atoms with Crippen LogP contribution in [0.25, 0.3) is 43.1 Å². The Balaban J connectivity index is 0.890. The molecule has 4 saturated carbocycles. The van der Waals surface area contributed by atoms with Crippen molar-refractivity contribution in [1.29, 1.82) is 0 Å². The van der Waals surface area contributed by atoms with Crippen molar-refractivity contribution < 1.29 is 9.59 Å². The van der Waals surface area contributed by atoms with Gasteiger partial charge in [-0.3, -0.25) is 0 Å². The molecule has 0 unspecified atom stereocenters. The highest BCUT2D eigenvalue weighted by Gasteiger charge is 2.57. The minimum absolute atomic E-state index is 0.0390. The molecule has 4 aliphatic rings. The van der Waals surface area contributed by atoms with Gasteiger partial charge in [-0.05, 0) is 116 Å². The Morgan fingerprint density at radius 1 is 0.560 bits per heavy atom. The first-order chi connectivity index (χ1) is 24.4. The van der Waals surface area contributed by atoms with Crippen molar-refractivity contribution in [3.05, 3.63) is 120 Å². The Bertz CT molecular complexity index is 2090. The van der Waals surface area contributed by atoms with Crippen LogP contribution in [0.2, 0.25) is 0 Å². The maximum absolute atomic E-state index is 13.2. The summed E-state index contributed by atoms with van der Waals surface area (Å²) in [4.78, 5) is 35.3. The maximum Gasteiger partial charge on any atom is 0.340 e. The fourth-order valence-corrected chi connectivity index (χ4v) is 10.3. The molecule has 50 heavy (non-hydrogen) atoms. The van der Waals surface area contributed by atoms with Crippen LogP contribution in [0.1, 0.15) is 49.7 Å². The fraction of sp³-hybridized carbons (Fsp3) is 0.273. The molecule has 0 radical (unpaired) electrons. The van der Waals surface area contributed by atoms with Crippen LogP contribution < -0.4 is 10.6 Å². The number of nitrogens with one attached hydrogen (secondary N) is 2. The standard InChI is InChI=1S/C44H40N4O2/c49-41(45-24-39-35-13-5-1-9-31(35)18-32-10-2-6-14-36(32)39)47-27-43-20-29-17-30(21-43)23-44(22-29,26-43)28-48-42(50)46-25-40-37-15-7-3-11-33(37)19-34-12-4-8-16-38(34)40/h1-16,18-19,24-25,29-30H,17,20-23,26-28H2,(H,47,49)(H,48,50)/b45-24+,46-25+. The molecule has 6 aromatic rings. The third-order valence-electron chi connectivity index (χ3n) is 11.8. The summed E-state index contributed by atoms with van der Waals surface area (Å²) in [6.45, 7) is 1.24. The number of benzene rings is 6. The first kappa shape index (κ1) is 30.7. The number of nitrogens with zero attached hydrogens (tertiary/aromatic N) is 2. The van der Waals surface area contributed by atoms with Gasteiger partial charge >= 0.3 is 12.1 Å². The smallest absolute Gasteiger partial charge is 0.336 e. The Labute approximate surface area is 291 Å². The summed E-state index contributed by atoms with van der Waals surface area (Å²) in [6, 6.07) is 36.8. The lowest BCUT2D eigenvalue weighted by Gasteiger charge is -2.62. The molecule has 10 rings (SSSR count). The van der Waals surface area contributed by atoms with E-state index in [0.29, 0.717) is 24.9 Å². The van der Waals surface area contributed by atoms with Gasteiger partial charge in [0.2, 0.25) is 0 Å². The van der Waals surface area contributed by atoms with Gasteiger partial charge in [-0.2, -0.15) is 0 Å². The Kier molecular flexibility index (Phi) is 7.49. The van der Waals surface area contributed by atoms with Crippen LogP contribution in [0.3, 0.4) is 0 Å². The number of fused-ring (bicyclic) bond motifs is 4. The van der Waals surface area contributed by atoms with Crippen molar-refractivity contribution >= 4 is 67.6 Å². The van der Waals surface area contributed by atoms with Gasteiger partial charge < -0.3 is 10.6 Å². The predicted molar refractivity (Wildman–Crippen MR) is 204 cm³/mol. The lowest BCUT2D eigenvalue weighted by atomic mass is 9.44. The van der Waals surface area contributed by atoms with Crippen molar-refractivity contribution in [1.82, 2.24) is 10.6 Å². The van der Waals surface area contributed by atoms with Crippen molar-refractivity contribution in [3.63, 3.8) is 0 Å². The van der Waals surface area contributed by atoms with Gasteiger partial charge in [0.15, 0.2) is 0 Å². The number of urea groups is 2. The van der Waals surface area contributed by atoms with Crippen LogP contribution in [0, 0.1) is 22.7 Å². The summed E-state index contributed by atoms with van der Waals surface area (Å²) < 4.78 is 0. The van der Waals surface area contributed by atoms with E-state index in [1.54, 1.807) is 12.4 Å². The number of aliphatic imine (C=N–C) groups is 2. The quantitative estimate of drug-likeness (QED) is 0.138. The molecule has 4 amide bonds. The summed E-state index contributed by atoms with van der Waals surface area (Å²) in [5, 5.41) is 15.3. The van der Waals surface area contributed by atoms with E-state index < -0.39 is 0 Å². The highest BCUT2D eigenvalue weighted by Crippen LogP contribution is 2.64. The van der Waals surface area contributed by atoms with E-state index in [9.17, 15) is 9.59 Å². The molecule has 0 aromatic heterocycles. The molecule has 2 N–H and O–H groups in total. The van der Waals surface area contributed by atoms with E-state index in [1.165, 1.54) is 6.42 Å². The van der Waals surface area contributed by atoms with Crippen LogP contribution >= 0.6 is 0 Å². The number of amides is 4. The fourth-order valence-electron chi connectivity index (χ4n) is 10.3. The second-order valence-electron chi connectivity index (χ2n) is 15.3. The molecule has 6 nitrogen and oxygen atoms in total. The van der Waals surface area contributed by atoms with Gasteiger partial charge in [0, 0.05) is 36.6 Å². The van der Waals surface area contributed by atoms with Crippen LogP contribution in [0.4, 0.5) is 9.59 Å². The van der Waals surface area contributed by atoms with Gasteiger partial charge in [-0.15, -0.1) is 0 Å². The number of carbonyl (C=O) groups is 2. The highest BCUT2D eigenvalue weighted by molar-refractivity contribution is 6.15. The molecule has 4 aliphatic carbocycles. The van der Waals surface area contributed by atoms with E-state index in [2.05, 4.69) is 81.3 Å². The summed E-state index contributed by atoms with van der Waals surface area (Å²) in [5.41, 5.74) is 2.01. The van der Waals surface area contributed by atoms with Crippen molar-refractivity contribution in [3.8, 4) is 0 Å². The zero-order valence-corrected chi connectivity index (χ0v) is 28.1. The van der Waals surface area contributed by atoms with Gasteiger partial charge in [0.25, 0.3) is 0 Å². The molecule has 0 atom stereocenters. The van der Waals surface area contributed by atoms with E-state index in [4.69, 9.17) is 0 Å². The SMILES string of the molecule is O=C(/N=C/c1c2ccccc2cc2ccccc12)NCC12CC3CC(C1)CC(CNC(=O)/N=C/c1c4ccccc4cc4ccccc14)(C3)C2. The Morgan fingerprint density at radius 2 is 0.900 bits per heavy atom. The summed E-state index contributed by atoms with van der Waals surface area (Å²) in [6.07, 6.45) is 10.2. The van der Waals surface area contributed by atoms with E-state index in [1.807, 2.05) is 48.5 Å². The number of rotatable bonds is 6. The maximum atomic E-state index is 13.2. The van der Waals surface area contributed by atoms with E-state index in [-0.39, 0.29) is 22.9 Å². The monoisotopic (exact) mass is 656 g/mol. The molecule has 6 aromatic carbocycles. The van der Waals surface area contributed by atoms with Crippen molar-refractivity contribution in [2.24, 2.45) is 32.7 Å². The van der Waals surface area contributed by atoms with Gasteiger partial charge in [0.1, 0.15) is 0 Å². The largest absolute Gasteiger partial charge is 0.340 e. The van der Waals surface area contributed by atoms with E-state index in [0.717, 1.165) is 86.3 Å². The molecule has 4 fully saturated rings. The number of hydrogen-bond acceptors (Lipinski definition) is 2. The van der Waals surface area contributed by atoms with Gasteiger partial charge in [0.05, 0.1) is 0 Å².